The molecule has 2 fully saturated rings. The van der Waals surface area contributed by atoms with E-state index in [1.165, 1.54) is 6.42 Å². The number of para-hydroxylation sites is 1. The van der Waals surface area contributed by atoms with Gasteiger partial charge >= 0.3 is 5.97 Å². The number of aliphatic hydroxyl groups is 1. The summed E-state index contributed by atoms with van der Waals surface area (Å²) in [6.45, 7) is 6.23. The molecule has 0 heterocycles. The number of halogens is 1. The first-order valence-corrected chi connectivity index (χ1v) is 11.1. The molecule has 156 valence electrons. The van der Waals surface area contributed by atoms with E-state index >= 15 is 0 Å². The van der Waals surface area contributed by atoms with Crippen LogP contribution in [-0.2, 0) is 9.53 Å². The standard InChI is InChI=1S/C23H33ClO4/c1-15(2)17-9-4-5-12-20(17)27-22(25)16(3)18-10-8-11-19(24)21(18)28-23(26)13-6-7-14-23/h8,10-11,15-17,20,26H,4-7,9,12-14H2,1-3H3/t16-,17?,20+/m1/s1. The van der Waals surface area contributed by atoms with Crippen LogP contribution in [0.5, 0.6) is 5.75 Å². The van der Waals surface area contributed by atoms with E-state index in [4.69, 9.17) is 21.1 Å². The van der Waals surface area contributed by atoms with Crippen LogP contribution >= 0.6 is 11.6 Å². The smallest absolute Gasteiger partial charge is 0.313 e. The largest absolute Gasteiger partial charge is 0.462 e. The van der Waals surface area contributed by atoms with Crippen LogP contribution in [0.4, 0.5) is 0 Å². The molecule has 4 nitrogen and oxygen atoms in total. The molecule has 5 heteroatoms. The summed E-state index contributed by atoms with van der Waals surface area (Å²) in [5, 5.41) is 11.1. The van der Waals surface area contributed by atoms with Crippen LogP contribution in [0.15, 0.2) is 18.2 Å². The zero-order valence-electron chi connectivity index (χ0n) is 17.2. The maximum absolute atomic E-state index is 13.0. The van der Waals surface area contributed by atoms with Crippen molar-refractivity contribution in [2.45, 2.75) is 89.9 Å². The minimum absolute atomic E-state index is 0.0220. The van der Waals surface area contributed by atoms with E-state index in [1.54, 1.807) is 6.07 Å². The van der Waals surface area contributed by atoms with Gasteiger partial charge in [0.25, 0.3) is 0 Å². The number of benzene rings is 1. The SMILES string of the molecule is CC(C)C1CCCC[C@@H]1OC(=O)[C@H](C)c1cccc(Cl)c1OC1(O)CCCC1. The Morgan fingerprint density at radius 2 is 1.82 bits per heavy atom. The molecule has 3 rings (SSSR count). The molecule has 0 amide bonds. The van der Waals surface area contributed by atoms with Gasteiger partial charge in [-0.25, -0.2) is 0 Å². The Hall–Kier alpha value is -1.26. The maximum Gasteiger partial charge on any atom is 0.313 e. The van der Waals surface area contributed by atoms with E-state index in [1.807, 2.05) is 19.1 Å². The maximum atomic E-state index is 13.0. The monoisotopic (exact) mass is 408 g/mol. The van der Waals surface area contributed by atoms with E-state index in [0.29, 0.717) is 41.0 Å². The summed E-state index contributed by atoms with van der Waals surface area (Å²) in [6.07, 6.45) is 7.33. The number of carbonyl (C=O) groups is 1. The van der Waals surface area contributed by atoms with Crippen LogP contribution in [0.3, 0.4) is 0 Å². The molecule has 28 heavy (non-hydrogen) atoms. The van der Waals surface area contributed by atoms with Gasteiger partial charge in [0.1, 0.15) is 11.9 Å². The Balaban J connectivity index is 1.77. The number of rotatable bonds is 6. The lowest BCUT2D eigenvalue weighted by molar-refractivity contribution is -0.156. The molecule has 0 aliphatic heterocycles. The van der Waals surface area contributed by atoms with Crippen molar-refractivity contribution in [1.82, 2.24) is 0 Å². The molecule has 2 aliphatic carbocycles. The minimum Gasteiger partial charge on any atom is -0.462 e. The summed E-state index contributed by atoms with van der Waals surface area (Å²) < 4.78 is 11.9. The molecule has 1 aromatic rings. The summed E-state index contributed by atoms with van der Waals surface area (Å²) in [7, 11) is 0. The average Bonchev–Trinajstić information content (AvgIpc) is 3.09. The van der Waals surface area contributed by atoms with E-state index < -0.39 is 11.7 Å². The molecule has 1 N–H and O–H groups in total. The molecule has 0 spiro atoms. The van der Waals surface area contributed by atoms with Crippen molar-refractivity contribution in [3.63, 3.8) is 0 Å². The third kappa shape index (κ3) is 4.83. The highest BCUT2D eigenvalue weighted by Gasteiger charge is 2.37. The summed E-state index contributed by atoms with van der Waals surface area (Å²) in [5.74, 6) is -0.636. The van der Waals surface area contributed by atoms with Gasteiger partial charge in [0.2, 0.25) is 5.79 Å². The third-order valence-corrected chi connectivity index (χ3v) is 6.67. The second kappa shape index (κ2) is 9.04. The Labute approximate surface area is 173 Å². The van der Waals surface area contributed by atoms with Gasteiger partial charge in [-0.1, -0.05) is 44.0 Å². The fraction of sp³-hybridized carbons (Fsp3) is 0.696. The fourth-order valence-electron chi connectivity index (χ4n) is 4.61. The van der Waals surface area contributed by atoms with Crippen molar-refractivity contribution in [2.24, 2.45) is 11.8 Å². The number of hydrogen-bond acceptors (Lipinski definition) is 4. The topological polar surface area (TPSA) is 55.8 Å². The second-order valence-corrected chi connectivity index (χ2v) is 9.21. The highest BCUT2D eigenvalue weighted by Crippen LogP contribution is 2.41. The number of esters is 1. The van der Waals surface area contributed by atoms with Gasteiger partial charge in [0.15, 0.2) is 0 Å². The van der Waals surface area contributed by atoms with Crippen LogP contribution < -0.4 is 4.74 Å². The van der Waals surface area contributed by atoms with Crippen molar-refractivity contribution >= 4 is 17.6 Å². The molecular formula is C23H33ClO4. The quantitative estimate of drug-likeness (QED) is 0.474. The molecule has 2 saturated carbocycles. The summed E-state index contributed by atoms with van der Waals surface area (Å²) in [6, 6.07) is 5.38. The highest BCUT2D eigenvalue weighted by molar-refractivity contribution is 6.32. The van der Waals surface area contributed by atoms with Crippen molar-refractivity contribution in [1.29, 1.82) is 0 Å². The van der Waals surface area contributed by atoms with Crippen LogP contribution in [0, 0.1) is 11.8 Å². The third-order valence-electron chi connectivity index (χ3n) is 6.37. The van der Waals surface area contributed by atoms with Crippen LogP contribution in [-0.4, -0.2) is 23.0 Å². The van der Waals surface area contributed by atoms with Crippen molar-refractivity contribution in [3.05, 3.63) is 28.8 Å². The molecule has 0 radical (unpaired) electrons. The van der Waals surface area contributed by atoms with Crippen LogP contribution in [0.2, 0.25) is 5.02 Å². The number of ether oxygens (including phenoxy) is 2. The highest BCUT2D eigenvalue weighted by atomic mass is 35.5. The Kier molecular flexibility index (Phi) is 6.93. The van der Waals surface area contributed by atoms with Gasteiger partial charge in [-0.05, 0) is 56.9 Å². The average molecular weight is 409 g/mol. The molecule has 2 aliphatic rings. The Morgan fingerprint density at radius 3 is 2.50 bits per heavy atom. The van der Waals surface area contributed by atoms with E-state index in [9.17, 15) is 9.90 Å². The normalized spacial score (nSPS) is 25.5. The first-order chi connectivity index (χ1) is 13.3. The number of hydrogen-bond donors (Lipinski definition) is 1. The lowest BCUT2D eigenvalue weighted by Gasteiger charge is -2.34. The lowest BCUT2D eigenvalue weighted by atomic mass is 9.79. The first-order valence-electron chi connectivity index (χ1n) is 10.7. The second-order valence-electron chi connectivity index (χ2n) is 8.80. The van der Waals surface area contributed by atoms with Gasteiger partial charge in [-0.15, -0.1) is 0 Å². The molecule has 1 aromatic carbocycles. The molecule has 3 atom stereocenters. The van der Waals surface area contributed by atoms with E-state index in [0.717, 1.165) is 32.1 Å². The number of carbonyl (C=O) groups excluding carboxylic acids is 1. The van der Waals surface area contributed by atoms with Gasteiger partial charge < -0.3 is 14.6 Å². The predicted octanol–water partition coefficient (Wildman–Crippen LogP) is 5.84. The van der Waals surface area contributed by atoms with Gasteiger partial charge in [-0.2, -0.15) is 0 Å². The summed E-state index contributed by atoms with van der Waals surface area (Å²) >= 11 is 6.39. The van der Waals surface area contributed by atoms with Gasteiger partial charge in [0, 0.05) is 18.4 Å². The Morgan fingerprint density at radius 1 is 1.14 bits per heavy atom. The van der Waals surface area contributed by atoms with E-state index in [2.05, 4.69) is 13.8 Å². The summed E-state index contributed by atoms with van der Waals surface area (Å²) in [5.41, 5.74) is 0.676. The van der Waals surface area contributed by atoms with Gasteiger partial charge in [-0.3, -0.25) is 4.79 Å². The van der Waals surface area contributed by atoms with Crippen molar-refractivity contribution in [3.8, 4) is 5.75 Å². The van der Waals surface area contributed by atoms with Crippen LogP contribution in [0.1, 0.15) is 83.6 Å². The molecule has 1 unspecified atom stereocenters. The van der Waals surface area contributed by atoms with Crippen molar-refractivity contribution in [2.75, 3.05) is 0 Å². The van der Waals surface area contributed by atoms with Gasteiger partial charge in [0.05, 0.1) is 10.9 Å². The van der Waals surface area contributed by atoms with E-state index in [-0.39, 0.29) is 12.1 Å². The first kappa shape index (κ1) is 21.4. The van der Waals surface area contributed by atoms with Crippen molar-refractivity contribution < 1.29 is 19.4 Å². The molecular weight excluding hydrogens is 376 g/mol. The predicted molar refractivity (Wildman–Crippen MR) is 111 cm³/mol. The van der Waals surface area contributed by atoms with Crippen LogP contribution in [0.25, 0.3) is 0 Å². The molecule has 0 saturated heterocycles. The molecule has 0 aromatic heterocycles. The zero-order chi connectivity index (χ0) is 20.3. The zero-order valence-corrected chi connectivity index (χ0v) is 18.0. The minimum atomic E-state index is -1.20. The fourth-order valence-corrected chi connectivity index (χ4v) is 4.83. The summed E-state index contributed by atoms with van der Waals surface area (Å²) in [4.78, 5) is 13.0. The Bertz CT molecular complexity index is 681. The lowest BCUT2D eigenvalue weighted by Crippen LogP contribution is -2.35. The molecule has 0 bridgehead atoms.